The topological polar surface area (TPSA) is 16.4 Å². The van der Waals surface area contributed by atoms with Crippen molar-refractivity contribution in [1.29, 1.82) is 0 Å². The first-order chi connectivity index (χ1) is 32.7. The molecule has 0 saturated carbocycles. The maximum atomic E-state index is 6.60. The summed E-state index contributed by atoms with van der Waals surface area (Å²) >= 11 is 0. The lowest BCUT2D eigenvalue weighted by Gasteiger charge is -2.30. The second-order valence-electron chi connectivity index (χ2n) is 16.8. The van der Waals surface area contributed by atoms with Crippen molar-refractivity contribution in [3.05, 3.63) is 261 Å². The Kier molecular flexibility index (Phi) is 9.89. The second kappa shape index (κ2) is 16.8. The summed E-state index contributed by atoms with van der Waals surface area (Å²) in [5, 5.41) is 4.73. The molecule has 1 heterocycles. The van der Waals surface area contributed by atoms with Crippen molar-refractivity contribution in [1.82, 2.24) is 0 Å². The molecule has 2 heteroatoms. The molecule has 0 bridgehead atoms. The van der Waals surface area contributed by atoms with E-state index in [4.69, 9.17) is 4.42 Å². The molecule has 0 aliphatic heterocycles. The maximum Gasteiger partial charge on any atom is 0.143 e. The number of rotatable bonds is 9. The minimum Gasteiger partial charge on any atom is -0.455 e. The van der Waals surface area contributed by atoms with Crippen molar-refractivity contribution in [3.63, 3.8) is 0 Å². The van der Waals surface area contributed by atoms with Crippen molar-refractivity contribution in [2.24, 2.45) is 0 Å². The zero-order chi connectivity index (χ0) is 43.8. The SMILES string of the molecule is c1ccc(-c2ccccc2-c2c(-c3ccccc3)cccc2N(c2ccc(-c3ccc(-c4ccc5ccccc5c4)cc3)cc2)c2cccc(-c3cccc4c3oc3ccccc34)c2)cc1. The van der Waals surface area contributed by atoms with Crippen LogP contribution in [0.15, 0.2) is 265 Å². The van der Waals surface area contributed by atoms with E-state index in [1.165, 1.54) is 38.6 Å². The first kappa shape index (κ1) is 38.9. The zero-order valence-electron chi connectivity index (χ0n) is 36.2. The lowest BCUT2D eigenvalue weighted by molar-refractivity contribution is 0.670. The van der Waals surface area contributed by atoms with Gasteiger partial charge >= 0.3 is 0 Å². The van der Waals surface area contributed by atoms with Crippen LogP contribution in [0.25, 0.3) is 99.5 Å². The fourth-order valence-corrected chi connectivity index (χ4v) is 9.68. The zero-order valence-corrected chi connectivity index (χ0v) is 36.2. The highest BCUT2D eigenvalue weighted by Crippen LogP contribution is 2.49. The minimum absolute atomic E-state index is 0.889. The van der Waals surface area contributed by atoms with Gasteiger partial charge in [0, 0.05) is 33.3 Å². The fraction of sp³-hybridized carbons (Fsp3) is 0. The van der Waals surface area contributed by atoms with Crippen LogP contribution in [-0.2, 0) is 0 Å². The smallest absolute Gasteiger partial charge is 0.143 e. The lowest BCUT2D eigenvalue weighted by atomic mass is 9.87. The Hall–Kier alpha value is -8.72. The van der Waals surface area contributed by atoms with Crippen LogP contribution in [0.2, 0.25) is 0 Å². The van der Waals surface area contributed by atoms with Crippen LogP contribution in [0.5, 0.6) is 0 Å². The van der Waals surface area contributed by atoms with Crippen LogP contribution in [0.3, 0.4) is 0 Å². The van der Waals surface area contributed by atoms with E-state index in [1.807, 2.05) is 6.07 Å². The van der Waals surface area contributed by atoms with Crippen molar-refractivity contribution in [2.75, 3.05) is 4.90 Å². The highest BCUT2D eigenvalue weighted by Gasteiger charge is 2.24. The fourth-order valence-electron chi connectivity index (χ4n) is 9.68. The summed E-state index contributed by atoms with van der Waals surface area (Å²) in [7, 11) is 0. The van der Waals surface area contributed by atoms with Gasteiger partial charge in [-0.15, -0.1) is 0 Å². The van der Waals surface area contributed by atoms with Crippen molar-refractivity contribution in [3.8, 4) is 66.8 Å². The summed E-state index contributed by atoms with van der Waals surface area (Å²) < 4.78 is 6.60. The molecule has 310 valence electrons. The van der Waals surface area contributed by atoms with Crippen molar-refractivity contribution >= 4 is 49.8 Å². The molecule has 0 fully saturated rings. The van der Waals surface area contributed by atoms with E-state index in [0.29, 0.717) is 0 Å². The molecule has 0 radical (unpaired) electrons. The molecule has 12 aromatic rings. The molecule has 0 aliphatic carbocycles. The molecule has 1 aromatic heterocycles. The Bertz CT molecular complexity index is 3680. The highest BCUT2D eigenvalue weighted by molar-refractivity contribution is 6.10. The summed E-state index contributed by atoms with van der Waals surface area (Å²) in [6, 6.07) is 93.9. The van der Waals surface area contributed by atoms with Gasteiger partial charge in [0.1, 0.15) is 11.2 Å². The van der Waals surface area contributed by atoms with Gasteiger partial charge in [-0.1, -0.05) is 218 Å². The quantitative estimate of drug-likeness (QED) is 0.144. The number of para-hydroxylation sites is 2. The molecule has 0 spiro atoms. The molecule has 0 atom stereocenters. The first-order valence-electron chi connectivity index (χ1n) is 22.6. The second-order valence-corrected chi connectivity index (χ2v) is 16.8. The van der Waals surface area contributed by atoms with E-state index in [2.05, 4.69) is 260 Å². The Labute approximate surface area is 384 Å². The van der Waals surface area contributed by atoms with Gasteiger partial charge in [0.15, 0.2) is 0 Å². The monoisotopic (exact) mass is 841 g/mol. The van der Waals surface area contributed by atoms with E-state index < -0.39 is 0 Å². The average Bonchev–Trinajstić information content (AvgIpc) is 3.79. The summed E-state index contributed by atoms with van der Waals surface area (Å²) in [5.74, 6) is 0. The summed E-state index contributed by atoms with van der Waals surface area (Å²) in [6.07, 6.45) is 0. The van der Waals surface area contributed by atoms with Crippen LogP contribution >= 0.6 is 0 Å². The van der Waals surface area contributed by atoms with Crippen LogP contribution in [0, 0.1) is 0 Å². The third-order valence-corrected chi connectivity index (χ3v) is 12.9. The van der Waals surface area contributed by atoms with Gasteiger partial charge in [0.2, 0.25) is 0 Å². The Balaban J connectivity index is 1.03. The molecule has 12 rings (SSSR count). The number of hydrogen-bond acceptors (Lipinski definition) is 2. The van der Waals surface area contributed by atoms with Gasteiger partial charge in [-0.05, 0) is 109 Å². The molecule has 0 aliphatic rings. The van der Waals surface area contributed by atoms with E-state index in [0.717, 1.165) is 77.9 Å². The molecule has 2 nitrogen and oxygen atoms in total. The molecular formula is C64H43NO. The molecule has 0 N–H and O–H groups in total. The highest BCUT2D eigenvalue weighted by atomic mass is 16.3. The molecular weight excluding hydrogens is 799 g/mol. The average molecular weight is 842 g/mol. The van der Waals surface area contributed by atoms with Gasteiger partial charge in [0.25, 0.3) is 0 Å². The first-order valence-corrected chi connectivity index (χ1v) is 22.6. The number of furan rings is 1. The van der Waals surface area contributed by atoms with Crippen LogP contribution in [-0.4, -0.2) is 0 Å². The Morgan fingerprint density at radius 2 is 0.803 bits per heavy atom. The van der Waals surface area contributed by atoms with E-state index in [1.54, 1.807) is 0 Å². The number of nitrogens with zero attached hydrogens (tertiary/aromatic N) is 1. The van der Waals surface area contributed by atoms with Crippen LogP contribution < -0.4 is 4.90 Å². The Morgan fingerprint density at radius 1 is 0.273 bits per heavy atom. The van der Waals surface area contributed by atoms with E-state index in [-0.39, 0.29) is 0 Å². The van der Waals surface area contributed by atoms with Crippen LogP contribution in [0.1, 0.15) is 0 Å². The molecule has 0 amide bonds. The predicted molar refractivity (Wildman–Crippen MR) is 279 cm³/mol. The summed E-state index contributed by atoms with van der Waals surface area (Å²) in [4.78, 5) is 2.43. The number of benzene rings is 11. The largest absolute Gasteiger partial charge is 0.455 e. The number of anilines is 3. The van der Waals surface area contributed by atoms with Crippen LogP contribution in [0.4, 0.5) is 17.1 Å². The summed E-state index contributed by atoms with van der Waals surface area (Å²) in [5.41, 5.74) is 18.8. The van der Waals surface area contributed by atoms with Gasteiger partial charge in [-0.25, -0.2) is 0 Å². The maximum absolute atomic E-state index is 6.60. The van der Waals surface area contributed by atoms with Crippen molar-refractivity contribution < 1.29 is 4.42 Å². The third-order valence-electron chi connectivity index (χ3n) is 12.9. The van der Waals surface area contributed by atoms with Gasteiger partial charge in [-0.3, -0.25) is 0 Å². The van der Waals surface area contributed by atoms with E-state index in [9.17, 15) is 0 Å². The van der Waals surface area contributed by atoms with Gasteiger partial charge in [0.05, 0.1) is 5.69 Å². The normalized spacial score (nSPS) is 11.3. The van der Waals surface area contributed by atoms with E-state index >= 15 is 0 Å². The minimum atomic E-state index is 0.889. The molecule has 0 unspecified atom stereocenters. The van der Waals surface area contributed by atoms with Crippen molar-refractivity contribution in [2.45, 2.75) is 0 Å². The number of fused-ring (bicyclic) bond motifs is 4. The molecule has 66 heavy (non-hydrogen) atoms. The summed E-state index contributed by atoms with van der Waals surface area (Å²) in [6.45, 7) is 0. The molecule has 0 saturated heterocycles. The standard InChI is InChI=1S/C64H43NO/c1-3-17-48(18-4-1)55-24-9-10-26-59(55)63-56(49-19-5-2-6-20-49)27-15-30-61(63)65(54-23-13-22-52(43-54)57-28-14-29-60-58-25-11-12-31-62(58)66-64(57)60)53-40-38-46(39-41-53)45-32-34-47(35-33-45)51-37-36-44-16-7-8-21-50(44)42-51/h1-43H. The molecule has 11 aromatic carbocycles. The van der Waals surface area contributed by atoms with Gasteiger partial charge < -0.3 is 9.32 Å². The lowest BCUT2D eigenvalue weighted by Crippen LogP contribution is -2.12. The Morgan fingerprint density at radius 3 is 1.58 bits per heavy atom. The predicted octanol–water partition coefficient (Wildman–Crippen LogP) is 18.2. The number of hydrogen-bond donors (Lipinski definition) is 0. The van der Waals surface area contributed by atoms with Gasteiger partial charge in [-0.2, -0.15) is 0 Å². The third kappa shape index (κ3) is 7.12.